The summed E-state index contributed by atoms with van der Waals surface area (Å²) >= 11 is 0. The van der Waals surface area contributed by atoms with Crippen LogP contribution in [0.5, 0.6) is 0 Å². The molecule has 2 aromatic rings. The maximum Gasteiger partial charge on any atom is 0.259 e. The molecule has 2 atom stereocenters. The fourth-order valence-electron chi connectivity index (χ4n) is 1.89. The minimum absolute atomic E-state index is 0.123. The first-order valence-corrected chi connectivity index (χ1v) is 6.18. The summed E-state index contributed by atoms with van der Waals surface area (Å²) in [4.78, 5) is 17.1. The molecule has 0 aliphatic carbocycles. The summed E-state index contributed by atoms with van der Waals surface area (Å²) in [6, 6.07) is 8.08. The molecule has 2 rings (SSSR count). The average molecular weight is 276 g/mol. The van der Waals surface area contributed by atoms with Crippen LogP contribution in [0, 0.1) is 10.1 Å². The summed E-state index contributed by atoms with van der Waals surface area (Å²) < 4.78 is 0. The maximum absolute atomic E-state index is 11.0. The van der Waals surface area contributed by atoms with Gasteiger partial charge in [-0.05, 0) is 5.56 Å². The van der Waals surface area contributed by atoms with Gasteiger partial charge in [0, 0.05) is 30.8 Å². The number of hydrogen-bond donors (Lipinski definition) is 3. The minimum Gasteiger partial charge on any atom is -0.364 e. The van der Waals surface area contributed by atoms with Crippen molar-refractivity contribution in [1.82, 2.24) is 15.3 Å². The molecule has 0 fully saturated rings. The molecule has 1 aromatic carbocycles. The normalized spacial score (nSPS) is 15.5. The average Bonchev–Trinajstić information content (AvgIpc) is 2.99. The van der Waals surface area contributed by atoms with Crippen LogP contribution in [0.2, 0.25) is 0 Å². The Bertz CT molecular complexity index is 558. The Morgan fingerprint density at radius 3 is 2.75 bits per heavy atom. The van der Waals surface area contributed by atoms with Crippen LogP contribution in [0.4, 0.5) is 0 Å². The highest BCUT2D eigenvalue weighted by atomic mass is 16.6. The van der Waals surface area contributed by atoms with Gasteiger partial charge in [-0.1, -0.05) is 30.3 Å². The largest absolute Gasteiger partial charge is 0.364 e. The molecule has 0 radical (unpaired) electrons. The molecule has 2 unspecified atom stereocenters. The van der Waals surface area contributed by atoms with E-state index in [-0.39, 0.29) is 12.4 Å². The third kappa shape index (κ3) is 2.84. The van der Waals surface area contributed by atoms with Crippen molar-refractivity contribution in [3.8, 4) is 0 Å². The van der Waals surface area contributed by atoms with Gasteiger partial charge in [0.2, 0.25) is 5.72 Å². The van der Waals surface area contributed by atoms with E-state index in [1.165, 1.54) is 19.3 Å². The van der Waals surface area contributed by atoms with Crippen LogP contribution in [0.1, 0.15) is 18.3 Å². The minimum atomic E-state index is -1.86. The maximum atomic E-state index is 11.0. The van der Waals surface area contributed by atoms with Crippen LogP contribution in [-0.2, 0) is 12.3 Å². The molecular weight excluding hydrogens is 260 g/mol. The van der Waals surface area contributed by atoms with E-state index >= 15 is 0 Å². The SMILES string of the molecule is CC([N+](=O)[O-])C(O)(NCc1ccccc1)c1ncc[nH]1. The molecule has 0 aliphatic heterocycles. The van der Waals surface area contributed by atoms with Gasteiger partial charge in [-0.15, -0.1) is 0 Å². The number of imidazole rings is 1. The monoisotopic (exact) mass is 276 g/mol. The molecule has 0 spiro atoms. The molecule has 0 saturated carbocycles. The van der Waals surface area contributed by atoms with Crippen molar-refractivity contribution in [3.63, 3.8) is 0 Å². The molecular formula is C13H16N4O3. The summed E-state index contributed by atoms with van der Waals surface area (Å²) in [7, 11) is 0. The predicted molar refractivity (Wildman–Crippen MR) is 72.2 cm³/mol. The lowest BCUT2D eigenvalue weighted by Crippen LogP contribution is -2.54. The summed E-state index contributed by atoms with van der Waals surface area (Å²) in [5.41, 5.74) is -0.948. The first kappa shape index (κ1) is 14.2. The molecule has 20 heavy (non-hydrogen) atoms. The zero-order valence-corrected chi connectivity index (χ0v) is 11.0. The lowest BCUT2D eigenvalue weighted by Gasteiger charge is -2.28. The summed E-state index contributed by atoms with van der Waals surface area (Å²) in [5, 5.41) is 24.5. The van der Waals surface area contributed by atoms with Crippen LogP contribution in [0.3, 0.4) is 0 Å². The first-order valence-electron chi connectivity index (χ1n) is 6.18. The summed E-state index contributed by atoms with van der Waals surface area (Å²) in [6.07, 6.45) is 2.95. The van der Waals surface area contributed by atoms with Crippen LogP contribution < -0.4 is 5.32 Å². The zero-order valence-electron chi connectivity index (χ0n) is 11.0. The zero-order chi connectivity index (χ0) is 14.6. The molecule has 7 nitrogen and oxygen atoms in total. The molecule has 1 heterocycles. The standard InChI is InChI=1S/C13H16N4O3/c1-10(17(19)20)13(18,12-14-7-8-15-12)16-9-11-5-3-2-4-6-11/h2-8,10,16,18H,9H2,1H3,(H,14,15). The van der Waals surface area contributed by atoms with Gasteiger partial charge in [0.15, 0.2) is 5.82 Å². The van der Waals surface area contributed by atoms with Crippen molar-refractivity contribution < 1.29 is 10.0 Å². The number of nitrogens with zero attached hydrogens (tertiary/aromatic N) is 2. The molecule has 0 saturated heterocycles. The molecule has 106 valence electrons. The van der Waals surface area contributed by atoms with Gasteiger partial charge in [-0.25, -0.2) is 4.98 Å². The third-order valence-electron chi connectivity index (χ3n) is 3.18. The second-order valence-corrected chi connectivity index (χ2v) is 4.50. The van der Waals surface area contributed by atoms with Gasteiger partial charge in [0.05, 0.1) is 0 Å². The quantitative estimate of drug-likeness (QED) is 0.415. The number of nitrogens with one attached hydrogen (secondary N) is 2. The van der Waals surface area contributed by atoms with E-state index in [0.717, 1.165) is 5.56 Å². The third-order valence-corrected chi connectivity index (χ3v) is 3.18. The predicted octanol–water partition coefficient (Wildman–Crippen LogP) is 1.01. The summed E-state index contributed by atoms with van der Waals surface area (Å²) in [6.45, 7) is 1.62. The van der Waals surface area contributed by atoms with Crippen molar-refractivity contribution in [2.45, 2.75) is 25.2 Å². The number of aromatic nitrogens is 2. The van der Waals surface area contributed by atoms with Crippen molar-refractivity contribution in [2.75, 3.05) is 0 Å². The number of aromatic amines is 1. The number of rotatable bonds is 6. The van der Waals surface area contributed by atoms with Crippen molar-refractivity contribution in [3.05, 3.63) is 64.2 Å². The van der Waals surface area contributed by atoms with Gasteiger partial charge < -0.3 is 10.1 Å². The Hall–Kier alpha value is -2.25. The van der Waals surface area contributed by atoms with E-state index in [0.29, 0.717) is 0 Å². The fourth-order valence-corrected chi connectivity index (χ4v) is 1.89. The molecule has 0 amide bonds. The number of H-pyrrole nitrogens is 1. The second kappa shape index (κ2) is 5.81. The van der Waals surface area contributed by atoms with E-state index in [1.807, 2.05) is 30.3 Å². The Morgan fingerprint density at radius 1 is 1.50 bits per heavy atom. The molecule has 0 aliphatic rings. The summed E-state index contributed by atoms with van der Waals surface area (Å²) in [5.74, 6) is 0.123. The van der Waals surface area contributed by atoms with E-state index < -0.39 is 16.7 Å². The van der Waals surface area contributed by atoms with Crippen LogP contribution in [0.25, 0.3) is 0 Å². The molecule has 0 bridgehead atoms. The van der Waals surface area contributed by atoms with Gasteiger partial charge in [0.1, 0.15) is 0 Å². The van der Waals surface area contributed by atoms with Crippen LogP contribution in [-0.4, -0.2) is 26.0 Å². The lowest BCUT2D eigenvalue weighted by molar-refractivity contribution is -0.546. The number of nitro groups is 1. The fraction of sp³-hybridized carbons (Fsp3) is 0.308. The van der Waals surface area contributed by atoms with Crippen molar-refractivity contribution in [2.24, 2.45) is 0 Å². The number of benzene rings is 1. The molecule has 7 heteroatoms. The Kier molecular flexibility index (Phi) is 4.11. The van der Waals surface area contributed by atoms with E-state index in [9.17, 15) is 15.2 Å². The van der Waals surface area contributed by atoms with E-state index in [4.69, 9.17) is 0 Å². The van der Waals surface area contributed by atoms with E-state index in [1.54, 1.807) is 0 Å². The van der Waals surface area contributed by atoms with Crippen LogP contribution >= 0.6 is 0 Å². The number of aliphatic hydroxyl groups is 1. The van der Waals surface area contributed by atoms with Gasteiger partial charge in [-0.2, -0.15) is 0 Å². The topological polar surface area (TPSA) is 104 Å². The second-order valence-electron chi connectivity index (χ2n) is 4.50. The lowest BCUT2D eigenvalue weighted by atomic mass is 10.0. The van der Waals surface area contributed by atoms with Crippen molar-refractivity contribution >= 4 is 0 Å². The van der Waals surface area contributed by atoms with Crippen LogP contribution in [0.15, 0.2) is 42.7 Å². The molecule has 3 N–H and O–H groups in total. The Balaban J connectivity index is 2.22. The smallest absolute Gasteiger partial charge is 0.259 e. The first-order chi connectivity index (χ1) is 9.54. The highest BCUT2D eigenvalue weighted by molar-refractivity contribution is 5.15. The Labute approximate surface area is 115 Å². The van der Waals surface area contributed by atoms with Gasteiger partial charge in [0.25, 0.3) is 6.04 Å². The highest BCUT2D eigenvalue weighted by Crippen LogP contribution is 2.21. The van der Waals surface area contributed by atoms with Gasteiger partial charge in [-0.3, -0.25) is 15.4 Å². The highest BCUT2D eigenvalue weighted by Gasteiger charge is 2.45. The van der Waals surface area contributed by atoms with Gasteiger partial charge >= 0.3 is 0 Å². The molecule has 1 aromatic heterocycles. The van der Waals surface area contributed by atoms with Crippen molar-refractivity contribution in [1.29, 1.82) is 0 Å². The van der Waals surface area contributed by atoms with E-state index in [2.05, 4.69) is 15.3 Å². The number of hydrogen-bond acceptors (Lipinski definition) is 5. The Morgan fingerprint density at radius 2 is 2.20 bits per heavy atom.